The molecule has 0 saturated carbocycles. The predicted molar refractivity (Wildman–Crippen MR) is 68.9 cm³/mol. The highest BCUT2D eigenvalue weighted by Gasteiger charge is 2.05. The quantitative estimate of drug-likeness (QED) is 0.801. The molecule has 2 rings (SSSR count). The number of rotatable bonds is 3. The van der Waals surface area contributed by atoms with Crippen molar-refractivity contribution < 1.29 is 9.53 Å². The molecule has 5 heteroatoms. The molecule has 1 aromatic heterocycles. The summed E-state index contributed by atoms with van der Waals surface area (Å²) in [7, 11) is 0. The second-order valence-corrected chi connectivity index (χ2v) is 4.59. The first-order valence-electron chi connectivity index (χ1n) is 4.72. The van der Waals surface area contributed by atoms with Gasteiger partial charge in [-0.25, -0.2) is 0 Å². The van der Waals surface area contributed by atoms with Gasteiger partial charge in [0.1, 0.15) is 11.5 Å². The summed E-state index contributed by atoms with van der Waals surface area (Å²) in [4.78, 5) is 14.8. The molecule has 0 saturated heterocycles. The molecule has 0 spiro atoms. The van der Waals surface area contributed by atoms with Gasteiger partial charge in [-0.05, 0) is 40.2 Å². The van der Waals surface area contributed by atoms with Gasteiger partial charge in [0.25, 0.3) is 0 Å². The van der Waals surface area contributed by atoms with Gasteiger partial charge in [-0.3, -0.25) is 9.78 Å². The summed E-state index contributed by atoms with van der Waals surface area (Å²) in [5.74, 6) is 0.995. The van der Waals surface area contributed by atoms with Crippen LogP contribution in [0.5, 0.6) is 11.5 Å². The summed E-state index contributed by atoms with van der Waals surface area (Å²) in [6, 6.07) is 6.62. The third-order valence-corrected chi connectivity index (χ3v) is 2.68. The Labute approximate surface area is 112 Å². The van der Waals surface area contributed by atoms with Crippen molar-refractivity contribution in [2.45, 2.75) is 0 Å². The minimum Gasteiger partial charge on any atom is -0.455 e. The fourth-order valence-electron chi connectivity index (χ4n) is 1.28. The zero-order valence-corrected chi connectivity index (χ0v) is 10.9. The molecular weight excluding hydrogens is 305 g/mol. The number of hydrogen-bond acceptors (Lipinski definition) is 3. The summed E-state index contributed by atoms with van der Waals surface area (Å²) in [5.41, 5.74) is 0.400. The van der Waals surface area contributed by atoms with Gasteiger partial charge in [-0.2, -0.15) is 0 Å². The number of aromatic nitrogens is 1. The first kappa shape index (κ1) is 12.1. The van der Waals surface area contributed by atoms with E-state index in [1.807, 2.05) is 0 Å². The largest absolute Gasteiger partial charge is 0.455 e. The van der Waals surface area contributed by atoms with E-state index in [1.165, 1.54) is 0 Å². The lowest BCUT2D eigenvalue weighted by molar-refractivity contribution is 0.112. The van der Waals surface area contributed by atoms with Crippen molar-refractivity contribution in [3.63, 3.8) is 0 Å². The van der Waals surface area contributed by atoms with Crippen molar-refractivity contribution in [3.8, 4) is 11.5 Å². The van der Waals surface area contributed by atoms with Gasteiger partial charge in [-0.1, -0.05) is 11.6 Å². The van der Waals surface area contributed by atoms with Gasteiger partial charge < -0.3 is 4.74 Å². The number of hydrogen-bond donors (Lipinski definition) is 0. The first-order chi connectivity index (χ1) is 8.19. The Morgan fingerprint density at radius 1 is 1.29 bits per heavy atom. The van der Waals surface area contributed by atoms with Crippen LogP contribution in [0.2, 0.25) is 5.02 Å². The van der Waals surface area contributed by atoms with Gasteiger partial charge in [0.15, 0.2) is 6.29 Å². The Balaban J connectivity index is 2.32. The molecule has 0 amide bonds. The van der Waals surface area contributed by atoms with E-state index in [-0.39, 0.29) is 0 Å². The molecule has 0 atom stereocenters. The third-order valence-electron chi connectivity index (χ3n) is 2.01. The fraction of sp³-hybridized carbons (Fsp3) is 0. The van der Waals surface area contributed by atoms with E-state index < -0.39 is 0 Å². The van der Waals surface area contributed by atoms with Crippen LogP contribution in [0.4, 0.5) is 0 Å². The van der Waals surface area contributed by atoms with Crippen LogP contribution in [-0.2, 0) is 0 Å². The topological polar surface area (TPSA) is 39.2 Å². The average molecular weight is 313 g/mol. The van der Waals surface area contributed by atoms with E-state index in [0.717, 1.165) is 4.47 Å². The number of carbonyl (C=O) groups excluding carboxylic acids is 1. The Morgan fingerprint density at radius 3 is 2.82 bits per heavy atom. The van der Waals surface area contributed by atoms with Crippen LogP contribution in [0.15, 0.2) is 41.1 Å². The van der Waals surface area contributed by atoms with E-state index in [0.29, 0.717) is 28.4 Å². The molecule has 0 unspecified atom stereocenters. The zero-order valence-electron chi connectivity index (χ0n) is 8.56. The Morgan fingerprint density at radius 2 is 2.12 bits per heavy atom. The van der Waals surface area contributed by atoms with E-state index in [2.05, 4.69) is 20.9 Å². The molecule has 0 aliphatic rings. The number of nitrogens with zero attached hydrogens (tertiary/aromatic N) is 1. The number of benzene rings is 1. The van der Waals surface area contributed by atoms with E-state index in [4.69, 9.17) is 16.3 Å². The maximum absolute atomic E-state index is 10.9. The van der Waals surface area contributed by atoms with Gasteiger partial charge >= 0.3 is 0 Å². The summed E-state index contributed by atoms with van der Waals surface area (Å²) >= 11 is 9.08. The summed E-state index contributed by atoms with van der Waals surface area (Å²) in [6.45, 7) is 0. The molecule has 1 aromatic carbocycles. The van der Waals surface area contributed by atoms with Gasteiger partial charge in [0.2, 0.25) is 0 Å². The van der Waals surface area contributed by atoms with Crippen molar-refractivity contribution in [3.05, 3.63) is 51.7 Å². The van der Waals surface area contributed by atoms with Gasteiger partial charge in [0, 0.05) is 15.7 Å². The maximum atomic E-state index is 10.9. The molecule has 2 aromatic rings. The molecule has 0 aliphatic carbocycles. The molecule has 0 fully saturated rings. The first-order valence-corrected chi connectivity index (χ1v) is 5.89. The van der Waals surface area contributed by atoms with E-state index in [1.54, 1.807) is 36.7 Å². The van der Waals surface area contributed by atoms with Crippen molar-refractivity contribution >= 4 is 33.8 Å². The van der Waals surface area contributed by atoms with Crippen LogP contribution in [0, 0.1) is 0 Å². The maximum Gasteiger partial charge on any atom is 0.153 e. The van der Waals surface area contributed by atoms with E-state index in [9.17, 15) is 4.79 Å². The Kier molecular flexibility index (Phi) is 3.76. The van der Waals surface area contributed by atoms with Crippen molar-refractivity contribution in [2.24, 2.45) is 0 Å². The SMILES string of the molecule is O=Cc1cc(Cl)ccc1Oc1cncc(Br)c1. The molecule has 0 N–H and O–H groups in total. The lowest BCUT2D eigenvalue weighted by Crippen LogP contribution is -1.91. The highest BCUT2D eigenvalue weighted by molar-refractivity contribution is 9.10. The highest BCUT2D eigenvalue weighted by atomic mass is 79.9. The second kappa shape index (κ2) is 5.29. The number of aldehydes is 1. The van der Waals surface area contributed by atoms with Crippen molar-refractivity contribution in [1.29, 1.82) is 0 Å². The Hall–Kier alpha value is -1.39. The molecule has 3 nitrogen and oxygen atoms in total. The summed E-state index contributed by atoms with van der Waals surface area (Å²) < 4.78 is 6.36. The molecule has 0 aliphatic heterocycles. The summed E-state index contributed by atoms with van der Waals surface area (Å²) in [6.07, 6.45) is 3.91. The van der Waals surface area contributed by atoms with Crippen LogP contribution in [0.3, 0.4) is 0 Å². The fourth-order valence-corrected chi connectivity index (χ4v) is 1.80. The van der Waals surface area contributed by atoms with Crippen LogP contribution in [0.25, 0.3) is 0 Å². The molecule has 1 heterocycles. The standard InChI is InChI=1S/C12H7BrClNO2/c13-9-4-11(6-15-5-9)17-12-2-1-10(14)3-8(12)7-16/h1-7H. The molecule has 0 radical (unpaired) electrons. The lowest BCUT2D eigenvalue weighted by atomic mass is 10.2. The van der Waals surface area contributed by atoms with Crippen LogP contribution in [-0.4, -0.2) is 11.3 Å². The Bertz CT molecular complexity index is 560. The van der Waals surface area contributed by atoms with Gasteiger partial charge in [0.05, 0.1) is 11.8 Å². The average Bonchev–Trinajstić information content (AvgIpc) is 2.31. The molecular formula is C12H7BrClNO2. The second-order valence-electron chi connectivity index (χ2n) is 3.24. The number of pyridine rings is 1. The highest BCUT2D eigenvalue weighted by Crippen LogP contribution is 2.27. The summed E-state index contributed by atoms with van der Waals surface area (Å²) in [5, 5.41) is 0.492. The van der Waals surface area contributed by atoms with Crippen LogP contribution in [0.1, 0.15) is 10.4 Å². The van der Waals surface area contributed by atoms with Gasteiger partial charge in [-0.15, -0.1) is 0 Å². The molecule has 86 valence electrons. The predicted octanol–water partition coefficient (Wildman–Crippen LogP) is 4.10. The van der Waals surface area contributed by atoms with E-state index >= 15 is 0 Å². The third kappa shape index (κ3) is 3.05. The van der Waals surface area contributed by atoms with Crippen LogP contribution >= 0.6 is 27.5 Å². The zero-order chi connectivity index (χ0) is 12.3. The minimum absolute atomic E-state index is 0.400. The lowest BCUT2D eigenvalue weighted by Gasteiger charge is -2.07. The minimum atomic E-state index is 0.400. The monoisotopic (exact) mass is 311 g/mol. The normalized spacial score (nSPS) is 10.0. The smallest absolute Gasteiger partial charge is 0.153 e. The van der Waals surface area contributed by atoms with Crippen LogP contribution < -0.4 is 4.74 Å². The number of ether oxygens (including phenoxy) is 1. The number of halogens is 2. The van der Waals surface area contributed by atoms with Crippen molar-refractivity contribution in [1.82, 2.24) is 4.98 Å². The molecule has 17 heavy (non-hydrogen) atoms. The number of carbonyl (C=O) groups is 1. The van der Waals surface area contributed by atoms with Crippen molar-refractivity contribution in [2.75, 3.05) is 0 Å². The molecule has 0 bridgehead atoms.